The van der Waals surface area contributed by atoms with Gasteiger partial charge < -0.3 is 15.2 Å². The molecule has 0 atom stereocenters. The number of ether oxygens (including phenoxy) is 1. The molecule has 28 heavy (non-hydrogen) atoms. The molecule has 2 N–H and O–H groups in total. The number of rotatable bonds is 7. The lowest BCUT2D eigenvalue weighted by Crippen LogP contribution is -2.03. The van der Waals surface area contributed by atoms with E-state index in [2.05, 4.69) is 5.32 Å². The highest BCUT2D eigenvalue weighted by Crippen LogP contribution is 2.22. The van der Waals surface area contributed by atoms with Crippen LogP contribution in [0.2, 0.25) is 5.02 Å². The molecule has 0 fully saturated rings. The van der Waals surface area contributed by atoms with E-state index in [0.29, 0.717) is 22.9 Å². The van der Waals surface area contributed by atoms with Gasteiger partial charge in [0, 0.05) is 17.8 Å². The zero-order valence-corrected chi connectivity index (χ0v) is 16.0. The van der Waals surface area contributed by atoms with Crippen molar-refractivity contribution >= 4 is 23.3 Å². The molecular formula is C22H19ClFNO3. The maximum atomic E-state index is 13.8. The number of anilines is 1. The Kier molecular flexibility index (Phi) is 6.16. The molecule has 144 valence electrons. The number of hydrogen-bond donors (Lipinski definition) is 2. The second-order valence-electron chi connectivity index (χ2n) is 6.32. The number of carboxylic acid groups (broad SMARTS) is 1. The van der Waals surface area contributed by atoms with Crippen LogP contribution in [0.3, 0.4) is 0 Å². The first-order valence-electron chi connectivity index (χ1n) is 8.66. The fourth-order valence-electron chi connectivity index (χ4n) is 2.72. The van der Waals surface area contributed by atoms with Crippen LogP contribution in [0.15, 0.2) is 60.7 Å². The summed E-state index contributed by atoms with van der Waals surface area (Å²) >= 11 is 6.00. The molecule has 3 aromatic carbocycles. The van der Waals surface area contributed by atoms with Crippen molar-refractivity contribution in [1.82, 2.24) is 0 Å². The summed E-state index contributed by atoms with van der Waals surface area (Å²) in [6.45, 7) is 2.49. The number of nitrogens with one attached hydrogen (secondary N) is 1. The molecule has 0 aliphatic heterocycles. The largest absolute Gasteiger partial charge is 0.489 e. The van der Waals surface area contributed by atoms with Gasteiger partial charge in [0.1, 0.15) is 18.2 Å². The van der Waals surface area contributed by atoms with Crippen LogP contribution in [0.5, 0.6) is 5.75 Å². The molecule has 0 spiro atoms. The second-order valence-corrected chi connectivity index (χ2v) is 6.73. The summed E-state index contributed by atoms with van der Waals surface area (Å²) in [5.41, 5.74) is 3.36. The lowest BCUT2D eigenvalue weighted by atomic mass is 10.1. The average Bonchev–Trinajstić information content (AvgIpc) is 2.67. The predicted octanol–water partition coefficient (Wildman–Crippen LogP) is 5.68. The van der Waals surface area contributed by atoms with Gasteiger partial charge in [0.05, 0.1) is 10.6 Å². The number of benzene rings is 3. The van der Waals surface area contributed by atoms with Crippen molar-refractivity contribution in [3.05, 3.63) is 93.8 Å². The minimum Gasteiger partial charge on any atom is -0.489 e. The monoisotopic (exact) mass is 399 g/mol. The maximum Gasteiger partial charge on any atom is 0.335 e. The van der Waals surface area contributed by atoms with Crippen LogP contribution in [0.25, 0.3) is 0 Å². The summed E-state index contributed by atoms with van der Waals surface area (Å²) < 4.78 is 19.4. The Morgan fingerprint density at radius 1 is 1.14 bits per heavy atom. The number of carbonyl (C=O) groups is 1. The Morgan fingerprint density at radius 3 is 2.54 bits per heavy atom. The van der Waals surface area contributed by atoms with E-state index in [1.807, 2.05) is 31.2 Å². The number of carboxylic acids is 1. The normalized spacial score (nSPS) is 10.5. The van der Waals surface area contributed by atoms with Gasteiger partial charge in [-0.25, -0.2) is 9.18 Å². The highest BCUT2D eigenvalue weighted by molar-refractivity contribution is 6.31. The van der Waals surface area contributed by atoms with Crippen molar-refractivity contribution in [1.29, 1.82) is 0 Å². The number of halogens is 2. The van der Waals surface area contributed by atoms with E-state index in [0.717, 1.165) is 16.8 Å². The van der Waals surface area contributed by atoms with Crippen molar-refractivity contribution in [3.8, 4) is 5.75 Å². The zero-order valence-electron chi connectivity index (χ0n) is 15.2. The Labute approximate surface area is 167 Å². The third-order valence-electron chi connectivity index (χ3n) is 4.32. The molecule has 3 rings (SSSR count). The van der Waals surface area contributed by atoms with E-state index < -0.39 is 11.8 Å². The molecule has 0 aliphatic rings. The molecule has 3 aromatic rings. The van der Waals surface area contributed by atoms with E-state index in [1.54, 1.807) is 30.3 Å². The zero-order chi connectivity index (χ0) is 20.1. The van der Waals surface area contributed by atoms with Gasteiger partial charge in [0.2, 0.25) is 0 Å². The first kappa shape index (κ1) is 19.7. The van der Waals surface area contributed by atoms with Crippen molar-refractivity contribution in [2.45, 2.75) is 20.1 Å². The van der Waals surface area contributed by atoms with Crippen LogP contribution >= 0.6 is 11.6 Å². The molecular weight excluding hydrogens is 381 g/mol. The first-order chi connectivity index (χ1) is 13.4. The van der Waals surface area contributed by atoms with Crippen molar-refractivity contribution in [2.24, 2.45) is 0 Å². The molecule has 4 nitrogen and oxygen atoms in total. The predicted molar refractivity (Wildman–Crippen MR) is 108 cm³/mol. The summed E-state index contributed by atoms with van der Waals surface area (Å²) in [5, 5.41) is 12.6. The van der Waals surface area contributed by atoms with Crippen LogP contribution in [-0.4, -0.2) is 11.1 Å². The topological polar surface area (TPSA) is 58.6 Å². The molecule has 0 saturated heterocycles. The van der Waals surface area contributed by atoms with Crippen LogP contribution in [-0.2, 0) is 13.2 Å². The highest BCUT2D eigenvalue weighted by Gasteiger charge is 2.08. The Hall–Kier alpha value is -3.05. The average molecular weight is 400 g/mol. The van der Waals surface area contributed by atoms with Gasteiger partial charge in [-0.3, -0.25) is 0 Å². The van der Waals surface area contributed by atoms with Crippen LogP contribution in [0.4, 0.5) is 10.1 Å². The number of aryl methyl sites for hydroxylation is 1. The summed E-state index contributed by atoms with van der Waals surface area (Å²) in [6.07, 6.45) is 0. The van der Waals surface area contributed by atoms with E-state index in [4.69, 9.17) is 21.4 Å². The van der Waals surface area contributed by atoms with Gasteiger partial charge in [-0.2, -0.15) is 0 Å². The van der Waals surface area contributed by atoms with Gasteiger partial charge >= 0.3 is 5.97 Å². The SMILES string of the molecule is Cc1cc(C(=O)O)ccc1NCc1ccc(OCc2c(F)cccc2Cl)cc1. The number of aromatic carboxylic acids is 1. The van der Waals surface area contributed by atoms with E-state index in [9.17, 15) is 9.18 Å². The lowest BCUT2D eigenvalue weighted by molar-refractivity contribution is 0.0697. The van der Waals surface area contributed by atoms with Crippen LogP contribution < -0.4 is 10.1 Å². The summed E-state index contributed by atoms with van der Waals surface area (Å²) in [4.78, 5) is 11.0. The molecule has 0 bridgehead atoms. The smallest absolute Gasteiger partial charge is 0.335 e. The van der Waals surface area contributed by atoms with E-state index in [-0.39, 0.29) is 12.2 Å². The van der Waals surface area contributed by atoms with Gasteiger partial charge in [-0.05, 0) is 60.5 Å². The molecule has 0 amide bonds. The van der Waals surface area contributed by atoms with Gasteiger partial charge in [-0.15, -0.1) is 0 Å². The van der Waals surface area contributed by atoms with E-state index >= 15 is 0 Å². The minimum atomic E-state index is -0.943. The fourth-order valence-corrected chi connectivity index (χ4v) is 2.94. The third-order valence-corrected chi connectivity index (χ3v) is 4.68. The molecule has 6 heteroatoms. The van der Waals surface area contributed by atoms with Crippen LogP contribution in [0, 0.1) is 12.7 Å². The fraction of sp³-hybridized carbons (Fsp3) is 0.136. The van der Waals surface area contributed by atoms with Crippen molar-refractivity contribution in [2.75, 3.05) is 5.32 Å². The van der Waals surface area contributed by atoms with Crippen LogP contribution in [0.1, 0.15) is 27.0 Å². The number of hydrogen-bond acceptors (Lipinski definition) is 3. The van der Waals surface area contributed by atoms with Crippen molar-refractivity contribution < 1.29 is 19.0 Å². The van der Waals surface area contributed by atoms with Crippen molar-refractivity contribution in [3.63, 3.8) is 0 Å². The lowest BCUT2D eigenvalue weighted by Gasteiger charge is -2.12. The Balaban J connectivity index is 1.58. The van der Waals surface area contributed by atoms with Gasteiger partial charge in [0.15, 0.2) is 0 Å². The third kappa shape index (κ3) is 4.81. The standard InChI is InChI=1S/C22H19ClFNO3/c1-14-11-16(22(26)27)7-10-21(14)25-12-15-5-8-17(9-6-15)28-13-18-19(23)3-2-4-20(18)24/h2-11,25H,12-13H2,1H3,(H,26,27). The second kappa shape index (κ2) is 8.76. The highest BCUT2D eigenvalue weighted by atomic mass is 35.5. The molecule has 0 aliphatic carbocycles. The minimum absolute atomic E-state index is 0.0538. The Bertz CT molecular complexity index is 969. The van der Waals surface area contributed by atoms with Gasteiger partial charge in [0.25, 0.3) is 0 Å². The molecule has 0 aromatic heterocycles. The van der Waals surface area contributed by atoms with E-state index in [1.165, 1.54) is 6.07 Å². The molecule has 0 radical (unpaired) electrons. The van der Waals surface area contributed by atoms with Gasteiger partial charge in [-0.1, -0.05) is 29.8 Å². The molecule has 0 unspecified atom stereocenters. The summed E-state index contributed by atoms with van der Waals surface area (Å²) in [7, 11) is 0. The molecule has 0 heterocycles. The first-order valence-corrected chi connectivity index (χ1v) is 9.04. The quantitative estimate of drug-likeness (QED) is 0.536. The summed E-state index contributed by atoms with van der Waals surface area (Å²) in [5.74, 6) is -0.718. The molecule has 0 saturated carbocycles. The maximum absolute atomic E-state index is 13.8. The summed E-state index contributed by atoms with van der Waals surface area (Å²) in [6, 6.07) is 16.9. The Morgan fingerprint density at radius 2 is 1.89 bits per heavy atom.